The Balaban J connectivity index is 1.43. The average Bonchev–Trinajstić information content (AvgIpc) is 3.53. The molecule has 0 radical (unpaired) electrons. The van der Waals surface area contributed by atoms with Crippen LogP contribution >= 0.6 is 11.8 Å². The number of carbonyl (C=O) groups excluding carboxylic acids is 1. The number of nitrogens with zero attached hydrogens (tertiary/aromatic N) is 4. The normalized spacial score (nSPS) is 16.2. The van der Waals surface area contributed by atoms with Crippen LogP contribution in [0.25, 0.3) is 11.6 Å². The first kappa shape index (κ1) is 20.6. The summed E-state index contributed by atoms with van der Waals surface area (Å²) in [4.78, 5) is 15.4. The van der Waals surface area contributed by atoms with Gasteiger partial charge in [-0.15, -0.1) is 10.2 Å². The van der Waals surface area contributed by atoms with Crippen molar-refractivity contribution < 1.29 is 9.21 Å². The first-order valence-corrected chi connectivity index (χ1v) is 11.6. The molecule has 0 N–H and O–H groups in total. The van der Waals surface area contributed by atoms with Crippen LogP contribution in [0.4, 0.5) is 5.69 Å². The van der Waals surface area contributed by atoms with Crippen LogP contribution in [0, 0.1) is 0 Å². The molecule has 2 aromatic carbocycles. The Hall–Kier alpha value is -3.32. The number of rotatable bonds is 6. The Bertz CT molecular complexity index is 1220. The zero-order valence-corrected chi connectivity index (χ0v) is 18.8. The van der Waals surface area contributed by atoms with Gasteiger partial charge in [0.2, 0.25) is 11.7 Å². The molecule has 1 aliphatic rings. The van der Waals surface area contributed by atoms with Gasteiger partial charge in [-0.1, -0.05) is 60.3 Å². The second kappa shape index (κ2) is 8.67. The SMILES string of the molecule is C[C@H](Sc1nnc(-c2ccco2)n1Cc1ccccc1)C(=O)N1c2ccccc2C[C@H]1C. The molecule has 2 atom stereocenters. The minimum Gasteiger partial charge on any atom is -0.461 e. The molecule has 0 fully saturated rings. The lowest BCUT2D eigenvalue weighted by Crippen LogP contribution is -2.40. The lowest BCUT2D eigenvalue weighted by molar-refractivity contribution is -0.118. The summed E-state index contributed by atoms with van der Waals surface area (Å²) in [5.41, 5.74) is 3.36. The minimum absolute atomic E-state index is 0.0845. The van der Waals surface area contributed by atoms with Gasteiger partial charge in [0.25, 0.3) is 0 Å². The van der Waals surface area contributed by atoms with Gasteiger partial charge < -0.3 is 9.32 Å². The number of para-hydroxylation sites is 1. The highest BCUT2D eigenvalue weighted by Gasteiger charge is 2.34. The molecular weight excluding hydrogens is 420 g/mol. The number of furan rings is 1. The maximum atomic E-state index is 13.5. The van der Waals surface area contributed by atoms with E-state index in [1.165, 1.54) is 17.3 Å². The second-order valence-electron chi connectivity index (χ2n) is 8.01. The van der Waals surface area contributed by atoms with Crippen molar-refractivity contribution in [1.29, 1.82) is 0 Å². The van der Waals surface area contributed by atoms with Crippen molar-refractivity contribution in [2.75, 3.05) is 4.90 Å². The van der Waals surface area contributed by atoms with E-state index in [0.717, 1.165) is 17.7 Å². The number of fused-ring (bicyclic) bond motifs is 1. The van der Waals surface area contributed by atoms with E-state index in [9.17, 15) is 4.79 Å². The number of hydrogen-bond acceptors (Lipinski definition) is 5. The smallest absolute Gasteiger partial charge is 0.240 e. The number of thioether (sulfide) groups is 1. The van der Waals surface area contributed by atoms with Crippen LogP contribution < -0.4 is 4.90 Å². The van der Waals surface area contributed by atoms with Crippen molar-refractivity contribution in [1.82, 2.24) is 14.8 Å². The number of amides is 1. The number of carbonyl (C=O) groups is 1. The van der Waals surface area contributed by atoms with Gasteiger partial charge in [0, 0.05) is 11.7 Å². The highest BCUT2D eigenvalue weighted by molar-refractivity contribution is 8.00. The van der Waals surface area contributed by atoms with Crippen LogP contribution in [0.5, 0.6) is 0 Å². The molecule has 1 amide bonds. The Labute approximate surface area is 191 Å². The zero-order valence-electron chi connectivity index (χ0n) is 18.0. The van der Waals surface area contributed by atoms with E-state index in [2.05, 4.69) is 35.3 Å². The van der Waals surface area contributed by atoms with Gasteiger partial charge in [-0.25, -0.2) is 0 Å². The third-order valence-electron chi connectivity index (χ3n) is 5.72. The highest BCUT2D eigenvalue weighted by Crippen LogP contribution is 2.35. The summed E-state index contributed by atoms with van der Waals surface area (Å²) in [5.74, 6) is 1.39. The molecule has 7 heteroatoms. The molecule has 6 nitrogen and oxygen atoms in total. The summed E-state index contributed by atoms with van der Waals surface area (Å²) in [6, 6.07) is 22.1. The molecule has 0 unspecified atom stereocenters. The molecule has 3 heterocycles. The molecule has 0 saturated carbocycles. The lowest BCUT2D eigenvalue weighted by atomic mass is 10.1. The fourth-order valence-corrected chi connectivity index (χ4v) is 5.08. The minimum atomic E-state index is -0.313. The largest absolute Gasteiger partial charge is 0.461 e. The van der Waals surface area contributed by atoms with Gasteiger partial charge in [-0.3, -0.25) is 9.36 Å². The van der Waals surface area contributed by atoms with Crippen LogP contribution in [0.15, 0.2) is 82.6 Å². The van der Waals surface area contributed by atoms with Crippen LogP contribution in [0.3, 0.4) is 0 Å². The Morgan fingerprint density at radius 1 is 1.09 bits per heavy atom. The summed E-state index contributed by atoms with van der Waals surface area (Å²) in [7, 11) is 0. The molecule has 0 aliphatic carbocycles. The van der Waals surface area contributed by atoms with Crippen LogP contribution in [-0.2, 0) is 17.8 Å². The van der Waals surface area contributed by atoms with Gasteiger partial charge in [-0.05, 0) is 49.6 Å². The van der Waals surface area contributed by atoms with Gasteiger partial charge in [0.15, 0.2) is 10.9 Å². The number of anilines is 1. The second-order valence-corrected chi connectivity index (χ2v) is 9.31. The molecular formula is C25H24N4O2S. The zero-order chi connectivity index (χ0) is 22.1. The third kappa shape index (κ3) is 3.84. The van der Waals surface area contributed by atoms with E-state index in [-0.39, 0.29) is 17.2 Å². The standard InChI is InChI=1S/C25H24N4O2S/c1-17-15-20-11-6-7-12-21(20)29(17)24(30)18(2)32-25-27-26-23(22-13-8-14-31-22)28(25)16-19-9-4-3-5-10-19/h3-14,17-18H,15-16H2,1-2H3/t17-,18+/m1/s1. The molecule has 0 saturated heterocycles. The van der Waals surface area contributed by atoms with Crippen molar-refractivity contribution in [2.24, 2.45) is 0 Å². The summed E-state index contributed by atoms with van der Waals surface area (Å²) in [6.07, 6.45) is 2.51. The van der Waals surface area contributed by atoms with Gasteiger partial charge in [0.1, 0.15) is 0 Å². The quantitative estimate of drug-likeness (QED) is 0.390. The summed E-state index contributed by atoms with van der Waals surface area (Å²) in [6.45, 7) is 4.63. The topological polar surface area (TPSA) is 64.2 Å². The van der Waals surface area contributed by atoms with Crippen molar-refractivity contribution in [2.45, 2.75) is 43.3 Å². The predicted octanol–water partition coefficient (Wildman–Crippen LogP) is 5.04. The van der Waals surface area contributed by atoms with Crippen molar-refractivity contribution in [3.05, 3.63) is 84.1 Å². The van der Waals surface area contributed by atoms with Crippen LogP contribution in [0.1, 0.15) is 25.0 Å². The fraction of sp³-hybridized carbons (Fsp3) is 0.240. The number of aromatic nitrogens is 3. The summed E-state index contributed by atoms with van der Waals surface area (Å²) in [5, 5.41) is 9.20. The fourth-order valence-electron chi connectivity index (χ4n) is 4.18. The van der Waals surface area contributed by atoms with E-state index in [4.69, 9.17) is 4.42 Å². The Kier molecular flexibility index (Phi) is 5.57. The maximum absolute atomic E-state index is 13.5. The monoisotopic (exact) mass is 444 g/mol. The molecule has 5 rings (SSSR count). The van der Waals surface area contributed by atoms with Gasteiger partial charge in [-0.2, -0.15) is 0 Å². The molecule has 2 aromatic heterocycles. The molecule has 32 heavy (non-hydrogen) atoms. The van der Waals surface area contributed by atoms with E-state index >= 15 is 0 Å². The molecule has 4 aromatic rings. The van der Waals surface area contributed by atoms with Crippen molar-refractivity contribution in [3.8, 4) is 11.6 Å². The molecule has 0 bridgehead atoms. The Morgan fingerprint density at radius 3 is 2.66 bits per heavy atom. The number of hydrogen-bond donors (Lipinski definition) is 0. The van der Waals surface area contributed by atoms with Crippen molar-refractivity contribution >= 4 is 23.4 Å². The molecule has 0 spiro atoms. The lowest BCUT2D eigenvalue weighted by Gasteiger charge is -2.25. The van der Waals surface area contributed by atoms with Crippen LogP contribution in [-0.4, -0.2) is 32.0 Å². The first-order valence-electron chi connectivity index (χ1n) is 10.7. The summed E-state index contributed by atoms with van der Waals surface area (Å²) < 4.78 is 7.61. The van der Waals surface area contributed by atoms with Gasteiger partial charge in [0.05, 0.1) is 18.1 Å². The molecule has 1 aliphatic heterocycles. The molecule has 162 valence electrons. The van der Waals surface area contributed by atoms with Crippen molar-refractivity contribution in [3.63, 3.8) is 0 Å². The van der Waals surface area contributed by atoms with E-state index < -0.39 is 0 Å². The van der Waals surface area contributed by atoms with E-state index in [1.54, 1.807) is 6.26 Å². The summed E-state index contributed by atoms with van der Waals surface area (Å²) >= 11 is 1.44. The van der Waals surface area contributed by atoms with Crippen LogP contribution in [0.2, 0.25) is 0 Å². The van der Waals surface area contributed by atoms with E-state index in [0.29, 0.717) is 23.3 Å². The Morgan fingerprint density at radius 2 is 1.88 bits per heavy atom. The van der Waals surface area contributed by atoms with Gasteiger partial charge >= 0.3 is 0 Å². The first-order chi connectivity index (χ1) is 15.6. The number of benzene rings is 2. The van der Waals surface area contributed by atoms with E-state index in [1.807, 2.05) is 64.9 Å². The third-order valence-corrected chi connectivity index (χ3v) is 6.78. The average molecular weight is 445 g/mol. The maximum Gasteiger partial charge on any atom is 0.240 e. The highest BCUT2D eigenvalue weighted by atomic mass is 32.2. The predicted molar refractivity (Wildman–Crippen MR) is 126 cm³/mol.